The summed E-state index contributed by atoms with van der Waals surface area (Å²) in [6.45, 7) is 2.15. The van der Waals surface area contributed by atoms with E-state index in [1.807, 2.05) is 6.07 Å². The van der Waals surface area contributed by atoms with Crippen LogP contribution in [0.4, 0.5) is 10.8 Å². The molecule has 0 spiro atoms. The number of aryl methyl sites for hydroxylation is 1. The van der Waals surface area contributed by atoms with Gasteiger partial charge in [-0.25, -0.2) is 4.98 Å². The molecule has 0 atom stereocenters. The number of anilines is 1. The van der Waals surface area contributed by atoms with Gasteiger partial charge in [-0.05, 0) is 36.6 Å². The number of nitrogens with zero attached hydrogens (tertiary/aromatic N) is 2. The second-order valence-electron chi connectivity index (χ2n) is 5.80. The molecule has 1 N–H and O–H groups in total. The Bertz CT molecular complexity index is 987. The number of carbonyl (C=O) groups excluding carboxylic acids is 1. The average molecular weight is 390 g/mol. The number of non-ortho nitro benzene ring substituents is 1. The third-order valence-corrected chi connectivity index (χ3v) is 5.15. The van der Waals surface area contributed by atoms with Crippen LogP contribution in [0.5, 0.6) is 0 Å². The number of benzene rings is 2. The number of hydrogen-bond acceptors (Lipinski definition) is 5. The smallest absolute Gasteiger partial charge is 0.270 e. The summed E-state index contributed by atoms with van der Waals surface area (Å²) in [5.74, 6) is -0.449. The fraction of sp³-hybridized carbons (Fsp3) is 0.222. The van der Waals surface area contributed by atoms with E-state index in [1.54, 1.807) is 0 Å². The molecule has 3 rings (SSSR count). The van der Waals surface area contributed by atoms with E-state index in [1.165, 1.54) is 29.0 Å². The van der Waals surface area contributed by atoms with Gasteiger partial charge in [0.25, 0.3) is 11.6 Å². The fourth-order valence-electron chi connectivity index (χ4n) is 2.53. The molecule has 134 valence electrons. The lowest BCUT2D eigenvalue weighted by Gasteiger charge is -2.03. The van der Waals surface area contributed by atoms with Gasteiger partial charge in [0.2, 0.25) is 0 Å². The molecule has 0 fully saturated rings. The minimum Gasteiger partial charge on any atom is -0.298 e. The molecule has 0 aliphatic carbocycles. The van der Waals surface area contributed by atoms with Gasteiger partial charge >= 0.3 is 0 Å². The minimum atomic E-state index is -0.558. The molecule has 8 heteroatoms. The molecular formula is C18H16ClN3O3S. The van der Waals surface area contributed by atoms with Crippen molar-refractivity contribution in [2.45, 2.75) is 26.2 Å². The number of nitro groups is 1. The van der Waals surface area contributed by atoms with Crippen LogP contribution in [0.15, 0.2) is 36.4 Å². The minimum absolute atomic E-state index is 0.0275. The number of amides is 1. The van der Waals surface area contributed by atoms with Gasteiger partial charge in [0.1, 0.15) is 0 Å². The molecule has 0 radical (unpaired) electrons. The van der Waals surface area contributed by atoms with Crippen LogP contribution in [0.2, 0.25) is 5.02 Å². The second-order valence-corrected chi connectivity index (χ2v) is 7.24. The number of nitro benzene ring substituents is 1. The van der Waals surface area contributed by atoms with Gasteiger partial charge in [0.15, 0.2) is 5.13 Å². The van der Waals surface area contributed by atoms with E-state index in [0.29, 0.717) is 5.13 Å². The summed E-state index contributed by atoms with van der Waals surface area (Å²) in [5, 5.41) is 14.0. The highest BCUT2D eigenvalue weighted by Gasteiger charge is 2.16. The fourth-order valence-corrected chi connectivity index (χ4v) is 3.71. The van der Waals surface area contributed by atoms with Crippen LogP contribution < -0.4 is 5.32 Å². The Morgan fingerprint density at radius 1 is 1.31 bits per heavy atom. The number of aromatic nitrogens is 1. The molecular weight excluding hydrogens is 374 g/mol. The first-order chi connectivity index (χ1) is 12.5. The lowest BCUT2D eigenvalue weighted by atomic mass is 10.1. The van der Waals surface area contributed by atoms with Gasteiger partial charge < -0.3 is 0 Å². The summed E-state index contributed by atoms with van der Waals surface area (Å²) in [5.41, 5.74) is 2.07. The van der Waals surface area contributed by atoms with Crippen molar-refractivity contribution in [3.8, 4) is 0 Å². The Labute approximate surface area is 159 Å². The highest BCUT2D eigenvalue weighted by molar-refractivity contribution is 7.22. The molecule has 3 aromatic rings. The second kappa shape index (κ2) is 7.80. The van der Waals surface area contributed by atoms with E-state index in [-0.39, 0.29) is 16.3 Å². The Morgan fingerprint density at radius 2 is 2.12 bits per heavy atom. The Hall–Kier alpha value is -2.51. The third kappa shape index (κ3) is 4.00. The monoisotopic (exact) mass is 389 g/mol. The summed E-state index contributed by atoms with van der Waals surface area (Å²) < 4.78 is 1.00. The van der Waals surface area contributed by atoms with Crippen molar-refractivity contribution in [1.29, 1.82) is 0 Å². The van der Waals surface area contributed by atoms with Crippen LogP contribution >= 0.6 is 22.9 Å². The van der Waals surface area contributed by atoms with E-state index >= 15 is 0 Å². The van der Waals surface area contributed by atoms with Crippen LogP contribution in [0.25, 0.3) is 10.2 Å². The van der Waals surface area contributed by atoms with Crippen molar-refractivity contribution in [2.75, 3.05) is 5.32 Å². The topological polar surface area (TPSA) is 85.1 Å². The van der Waals surface area contributed by atoms with Crippen molar-refractivity contribution in [3.63, 3.8) is 0 Å². The normalized spacial score (nSPS) is 10.8. The van der Waals surface area contributed by atoms with Gasteiger partial charge in [-0.3, -0.25) is 20.2 Å². The first kappa shape index (κ1) is 18.3. The molecule has 0 saturated carbocycles. The lowest BCUT2D eigenvalue weighted by Crippen LogP contribution is -2.12. The Balaban J connectivity index is 1.79. The van der Waals surface area contributed by atoms with Crippen LogP contribution in [0.1, 0.15) is 35.7 Å². The number of nitrogens with one attached hydrogen (secondary N) is 1. The zero-order chi connectivity index (χ0) is 18.7. The molecule has 0 bridgehead atoms. The number of carbonyl (C=O) groups is 1. The van der Waals surface area contributed by atoms with Gasteiger partial charge in [0.05, 0.1) is 25.7 Å². The third-order valence-electron chi connectivity index (χ3n) is 3.90. The Morgan fingerprint density at radius 3 is 2.81 bits per heavy atom. The summed E-state index contributed by atoms with van der Waals surface area (Å²) in [7, 11) is 0. The maximum absolute atomic E-state index is 12.4. The Kier molecular flexibility index (Phi) is 5.49. The number of fused-ring (bicyclic) bond motifs is 1. The molecule has 1 aromatic heterocycles. The quantitative estimate of drug-likeness (QED) is 0.448. The number of hydrogen-bond donors (Lipinski definition) is 1. The van der Waals surface area contributed by atoms with Crippen molar-refractivity contribution >= 4 is 49.9 Å². The molecule has 0 saturated heterocycles. The standard InChI is InChI=1S/C18H16ClN3O3S/c1-2-3-4-11-5-8-15-16(9-11)26-18(20-15)21-17(23)13-7-6-12(22(24)25)10-14(13)19/h5-10H,2-4H2,1H3,(H,20,21,23). The number of unbranched alkanes of at least 4 members (excludes halogenated alkanes) is 1. The van der Waals surface area contributed by atoms with E-state index in [0.717, 1.165) is 35.5 Å². The summed E-state index contributed by atoms with van der Waals surface area (Å²) in [6, 6.07) is 9.85. The van der Waals surface area contributed by atoms with Crippen molar-refractivity contribution in [2.24, 2.45) is 0 Å². The number of halogens is 1. The van der Waals surface area contributed by atoms with Crippen LogP contribution in [-0.2, 0) is 6.42 Å². The molecule has 1 amide bonds. The van der Waals surface area contributed by atoms with E-state index < -0.39 is 10.8 Å². The zero-order valence-electron chi connectivity index (χ0n) is 14.0. The maximum Gasteiger partial charge on any atom is 0.270 e. The van der Waals surface area contributed by atoms with Crippen LogP contribution in [0.3, 0.4) is 0 Å². The summed E-state index contributed by atoms with van der Waals surface area (Å²) >= 11 is 7.39. The molecule has 1 heterocycles. The molecule has 0 aliphatic heterocycles. The number of thiazole rings is 1. The van der Waals surface area contributed by atoms with E-state index in [4.69, 9.17) is 11.6 Å². The van der Waals surface area contributed by atoms with Crippen molar-refractivity contribution in [3.05, 3.63) is 62.7 Å². The van der Waals surface area contributed by atoms with Gasteiger partial charge in [-0.1, -0.05) is 42.3 Å². The van der Waals surface area contributed by atoms with Gasteiger partial charge in [-0.2, -0.15) is 0 Å². The van der Waals surface area contributed by atoms with E-state index in [9.17, 15) is 14.9 Å². The SMILES string of the molecule is CCCCc1ccc2nc(NC(=O)c3ccc([N+](=O)[O-])cc3Cl)sc2c1. The molecule has 6 nitrogen and oxygen atoms in total. The molecule has 0 unspecified atom stereocenters. The van der Waals surface area contributed by atoms with Gasteiger partial charge in [0, 0.05) is 12.1 Å². The van der Waals surface area contributed by atoms with Crippen LogP contribution in [0, 0.1) is 10.1 Å². The maximum atomic E-state index is 12.4. The predicted molar refractivity (Wildman–Crippen MR) is 104 cm³/mol. The zero-order valence-corrected chi connectivity index (χ0v) is 15.6. The largest absolute Gasteiger partial charge is 0.298 e. The predicted octanol–water partition coefficient (Wildman–Crippen LogP) is 5.45. The summed E-state index contributed by atoms with van der Waals surface area (Å²) in [6.07, 6.45) is 3.29. The first-order valence-corrected chi connectivity index (χ1v) is 9.32. The molecule has 0 aliphatic rings. The van der Waals surface area contributed by atoms with Crippen molar-refractivity contribution in [1.82, 2.24) is 4.98 Å². The first-order valence-electron chi connectivity index (χ1n) is 8.12. The molecule has 2 aromatic carbocycles. The highest BCUT2D eigenvalue weighted by Crippen LogP contribution is 2.29. The van der Waals surface area contributed by atoms with Crippen molar-refractivity contribution < 1.29 is 9.72 Å². The number of rotatable bonds is 6. The lowest BCUT2D eigenvalue weighted by molar-refractivity contribution is -0.384. The van der Waals surface area contributed by atoms with Gasteiger partial charge in [-0.15, -0.1) is 0 Å². The van der Waals surface area contributed by atoms with Crippen LogP contribution in [-0.4, -0.2) is 15.8 Å². The summed E-state index contributed by atoms with van der Waals surface area (Å²) in [4.78, 5) is 27.0. The molecule has 26 heavy (non-hydrogen) atoms. The highest BCUT2D eigenvalue weighted by atomic mass is 35.5. The average Bonchev–Trinajstić information content (AvgIpc) is 3.00. The van der Waals surface area contributed by atoms with E-state index in [2.05, 4.69) is 29.4 Å².